The van der Waals surface area contributed by atoms with E-state index in [1.807, 2.05) is 35.2 Å². The number of nitrogens with zero attached hydrogens (tertiary/aromatic N) is 5. The molecule has 0 bridgehead atoms. The SMILES string of the molecule is N#CC(=C(O)c1ccccc1-c1ccc(C(F)(F)F)cc1)c1nnc(N2CCOCC2)n1-c1ccccc1. The van der Waals surface area contributed by atoms with Gasteiger partial charge < -0.3 is 14.7 Å². The number of benzene rings is 3. The molecule has 0 saturated carbocycles. The van der Waals surface area contributed by atoms with Crippen LogP contribution in [0, 0.1) is 11.3 Å². The van der Waals surface area contributed by atoms with Crippen LogP contribution in [-0.2, 0) is 10.9 Å². The standard InChI is InChI=1S/C28H22F3N5O2/c29-28(30,31)20-12-10-19(11-13-20)22-8-4-5-9-23(22)25(37)24(18-32)26-33-34-27(35-14-16-38-17-15-35)36(26)21-6-2-1-3-7-21/h1-13,37H,14-17H2. The number of aliphatic hydroxyl groups excluding tert-OH is 1. The molecular formula is C28H22F3N5O2. The highest BCUT2D eigenvalue weighted by atomic mass is 19.4. The molecule has 1 aliphatic heterocycles. The molecule has 3 aromatic carbocycles. The first-order valence-electron chi connectivity index (χ1n) is 11.8. The van der Waals surface area contributed by atoms with E-state index in [2.05, 4.69) is 16.3 Å². The van der Waals surface area contributed by atoms with Crippen molar-refractivity contribution in [2.24, 2.45) is 0 Å². The van der Waals surface area contributed by atoms with Gasteiger partial charge in [-0.1, -0.05) is 54.6 Å². The van der Waals surface area contributed by atoms with Crippen LogP contribution in [-0.4, -0.2) is 46.2 Å². The van der Waals surface area contributed by atoms with Gasteiger partial charge in [0.15, 0.2) is 5.82 Å². The summed E-state index contributed by atoms with van der Waals surface area (Å²) in [5, 5.41) is 30.2. The highest BCUT2D eigenvalue weighted by molar-refractivity contribution is 5.96. The Kier molecular flexibility index (Phi) is 6.85. The van der Waals surface area contributed by atoms with Crippen molar-refractivity contribution < 1.29 is 23.0 Å². The Morgan fingerprint density at radius 1 is 0.895 bits per heavy atom. The Morgan fingerprint density at radius 2 is 1.55 bits per heavy atom. The molecule has 38 heavy (non-hydrogen) atoms. The Morgan fingerprint density at radius 3 is 2.21 bits per heavy atom. The minimum atomic E-state index is -4.46. The van der Waals surface area contributed by atoms with Gasteiger partial charge in [0, 0.05) is 18.7 Å². The zero-order chi connectivity index (χ0) is 26.7. The van der Waals surface area contributed by atoms with Crippen molar-refractivity contribution in [1.29, 1.82) is 5.26 Å². The van der Waals surface area contributed by atoms with Crippen LogP contribution in [0.3, 0.4) is 0 Å². The van der Waals surface area contributed by atoms with Gasteiger partial charge in [-0.2, -0.15) is 18.4 Å². The van der Waals surface area contributed by atoms with Crippen LogP contribution in [0.15, 0.2) is 78.9 Å². The number of hydrogen-bond acceptors (Lipinski definition) is 6. The lowest BCUT2D eigenvalue weighted by molar-refractivity contribution is -0.137. The summed E-state index contributed by atoms with van der Waals surface area (Å²) < 4.78 is 46.4. The monoisotopic (exact) mass is 517 g/mol. The lowest BCUT2D eigenvalue weighted by Gasteiger charge is -2.28. The number of hydrogen-bond donors (Lipinski definition) is 1. The van der Waals surface area contributed by atoms with E-state index in [4.69, 9.17) is 4.74 Å². The Labute approximate surface area is 216 Å². The molecule has 0 radical (unpaired) electrons. The van der Waals surface area contributed by atoms with Crippen molar-refractivity contribution in [2.75, 3.05) is 31.2 Å². The van der Waals surface area contributed by atoms with Gasteiger partial charge >= 0.3 is 6.18 Å². The van der Waals surface area contributed by atoms with Crippen LogP contribution in [0.1, 0.15) is 17.0 Å². The van der Waals surface area contributed by atoms with Gasteiger partial charge in [0.05, 0.1) is 24.5 Å². The molecule has 4 aromatic rings. The molecule has 0 amide bonds. The molecule has 0 atom stereocenters. The number of aromatic nitrogens is 3. The van der Waals surface area contributed by atoms with Crippen LogP contribution in [0.5, 0.6) is 0 Å². The van der Waals surface area contributed by atoms with Crippen molar-refractivity contribution in [2.45, 2.75) is 6.18 Å². The Balaban J connectivity index is 1.65. The second kappa shape index (κ2) is 10.4. The summed E-state index contributed by atoms with van der Waals surface area (Å²) >= 11 is 0. The highest BCUT2D eigenvalue weighted by Gasteiger charge is 2.30. The summed E-state index contributed by atoms with van der Waals surface area (Å²) in [6.45, 7) is 2.20. The lowest BCUT2D eigenvalue weighted by Crippen LogP contribution is -2.38. The number of halogens is 3. The fraction of sp³-hybridized carbons (Fsp3) is 0.179. The van der Waals surface area contributed by atoms with E-state index >= 15 is 0 Å². The van der Waals surface area contributed by atoms with E-state index in [-0.39, 0.29) is 22.7 Å². The maximum absolute atomic E-state index is 13.1. The predicted octanol–water partition coefficient (Wildman–Crippen LogP) is 5.74. The van der Waals surface area contributed by atoms with Crippen molar-refractivity contribution in [1.82, 2.24) is 14.8 Å². The second-order valence-electron chi connectivity index (χ2n) is 8.55. The van der Waals surface area contributed by atoms with E-state index in [1.54, 1.807) is 28.8 Å². The van der Waals surface area contributed by atoms with E-state index in [1.165, 1.54) is 12.1 Å². The minimum absolute atomic E-state index is 0.125. The lowest BCUT2D eigenvalue weighted by atomic mass is 9.96. The zero-order valence-electron chi connectivity index (χ0n) is 20.1. The van der Waals surface area contributed by atoms with Gasteiger partial charge in [-0.3, -0.25) is 4.57 Å². The quantitative estimate of drug-likeness (QED) is 0.268. The first-order valence-corrected chi connectivity index (χ1v) is 11.8. The van der Waals surface area contributed by atoms with Gasteiger partial charge in [-0.05, 0) is 35.4 Å². The van der Waals surface area contributed by atoms with Crippen LogP contribution >= 0.6 is 0 Å². The van der Waals surface area contributed by atoms with E-state index in [0.717, 1.165) is 12.1 Å². The average molecular weight is 518 g/mol. The number of rotatable bonds is 5. The van der Waals surface area contributed by atoms with Crippen LogP contribution < -0.4 is 4.90 Å². The topological polar surface area (TPSA) is 87.2 Å². The first kappa shape index (κ1) is 25.0. The van der Waals surface area contributed by atoms with Gasteiger partial charge in [0.1, 0.15) is 17.4 Å². The molecule has 1 fully saturated rings. The van der Waals surface area contributed by atoms with Gasteiger partial charge in [0.25, 0.3) is 0 Å². The molecule has 10 heteroatoms. The molecule has 0 unspecified atom stereocenters. The van der Waals surface area contributed by atoms with Gasteiger partial charge in [0.2, 0.25) is 5.95 Å². The number of ether oxygens (including phenoxy) is 1. The summed E-state index contributed by atoms with van der Waals surface area (Å²) in [6, 6.07) is 22.6. The largest absolute Gasteiger partial charge is 0.506 e. The van der Waals surface area contributed by atoms with Gasteiger partial charge in [-0.15, -0.1) is 10.2 Å². The van der Waals surface area contributed by atoms with Crippen molar-refractivity contribution in [3.8, 4) is 22.9 Å². The third-order valence-electron chi connectivity index (χ3n) is 6.23. The normalized spacial score (nSPS) is 14.6. The zero-order valence-corrected chi connectivity index (χ0v) is 20.1. The van der Waals surface area contributed by atoms with Crippen LogP contribution in [0.4, 0.5) is 19.1 Å². The summed E-state index contributed by atoms with van der Waals surface area (Å²) in [5.74, 6) is 0.284. The summed E-state index contributed by atoms with van der Waals surface area (Å²) in [7, 11) is 0. The summed E-state index contributed by atoms with van der Waals surface area (Å²) in [4.78, 5) is 2.00. The van der Waals surface area contributed by atoms with Crippen LogP contribution in [0.2, 0.25) is 0 Å². The van der Waals surface area contributed by atoms with E-state index in [0.29, 0.717) is 49.1 Å². The Hall–Kier alpha value is -4.62. The second-order valence-corrected chi connectivity index (χ2v) is 8.55. The van der Waals surface area contributed by atoms with Crippen molar-refractivity contribution in [3.63, 3.8) is 0 Å². The number of morpholine rings is 1. The molecule has 1 aliphatic rings. The molecule has 1 N–H and O–H groups in total. The maximum atomic E-state index is 13.1. The predicted molar refractivity (Wildman–Crippen MR) is 136 cm³/mol. The number of allylic oxidation sites excluding steroid dienone is 1. The first-order chi connectivity index (χ1) is 18.4. The number of anilines is 1. The summed E-state index contributed by atoms with van der Waals surface area (Å²) in [5.41, 5.74) is 0.995. The van der Waals surface area contributed by atoms with E-state index in [9.17, 15) is 23.5 Å². The van der Waals surface area contributed by atoms with Gasteiger partial charge in [-0.25, -0.2) is 0 Å². The molecule has 0 spiro atoms. The molecule has 5 rings (SSSR count). The molecule has 2 heterocycles. The van der Waals surface area contributed by atoms with E-state index < -0.39 is 11.7 Å². The fourth-order valence-corrected chi connectivity index (χ4v) is 4.34. The number of aliphatic hydroxyl groups is 1. The summed E-state index contributed by atoms with van der Waals surface area (Å²) in [6.07, 6.45) is -4.46. The highest BCUT2D eigenvalue weighted by Crippen LogP contribution is 2.35. The molecule has 1 saturated heterocycles. The van der Waals surface area contributed by atoms with Crippen molar-refractivity contribution >= 4 is 17.3 Å². The van der Waals surface area contributed by atoms with Crippen molar-refractivity contribution in [3.05, 3.63) is 95.8 Å². The van der Waals surface area contributed by atoms with Crippen LogP contribution in [0.25, 0.3) is 28.1 Å². The molecular weight excluding hydrogens is 495 g/mol. The third kappa shape index (κ3) is 4.84. The molecule has 7 nitrogen and oxygen atoms in total. The maximum Gasteiger partial charge on any atom is 0.416 e. The molecule has 0 aliphatic carbocycles. The third-order valence-corrected chi connectivity index (χ3v) is 6.23. The minimum Gasteiger partial charge on any atom is -0.506 e. The number of para-hydroxylation sites is 1. The average Bonchev–Trinajstić information content (AvgIpc) is 3.39. The number of nitriles is 1. The smallest absolute Gasteiger partial charge is 0.416 e. The number of alkyl halides is 3. The molecule has 1 aromatic heterocycles. The molecule has 192 valence electrons. The fourth-order valence-electron chi connectivity index (χ4n) is 4.34. The Bertz CT molecular complexity index is 1500.